The van der Waals surface area contributed by atoms with Crippen molar-refractivity contribution in [3.05, 3.63) is 218 Å². The Kier molecular flexibility index (Phi) is 7.57. The van der Waals surface area contributed by atoms with E-state index in [1.807, 2.05) is 12.1 Å². The van der Waals surface area contributed by atoms with Crippen molar-refractivity contribution in [3.8, 4) is 27.9 Å². The number of para-hydroxylation sites is 4. The van der Waals surface area contributed by atoms with Gasteiger partial charge in [0.25, 0.3) is 0 Å². The molecule has 0 radical (unpaired) electrons. The van der Waals surface area contributed by atoms with E-state index in [-0.39, 0.29) is 0 Å². The third-order valence-electron chi connectivity index (χ3n) is 12.6. The molecule has 0 bridgehead atoms. The first kappa shape index (κ1) is 34.5. The highest BCUT2D eigenvalue weighted by Gasteiger charge is 2.24. The van der Waals surface area contributed by atoms with Gasteiger partial charge < -0.3 is 18.3 Å². The molecule has 0 unspecified atom stereocenters. The molecule has 4 nitrogen and oxygen atoms in total. The van der Waals surface area contributed by atoms with Crippen LogP contribution in [0.1, 0.15) is 0 Å². The zero-order chi connectivity index (χ0) is 40.7. The van der Waals surface area contributed by atoms with Crippen LogP contribution in [0.5, 0.6) is 0 Å². The highest BCUT2D eigenvalue weighted by Crippen LogP contribution is 2.48. The number of fused-ring (bicyclic) bond motifs is 11. The molecule has 13 aromatic rings. The third-order valence-corrected chi connectivity index (χ3v) is 12.6. The molecule has 0 aliphatic heterocycles. The van der Waals surface area contributed by atoms with E-state index in [0.717, 1.165) is 99.7 Å². The van der Waals surface area contributed by atoms with Gasteiger partial charge in [0, 0.05) is 49.3 Å². The number of hydrogen-bond acceptors (Lipinski definition) is 3. The zero-order valence-corrected chi connectivity index (χ0v) is 33.5. The molecule has 0 aliphatic carbocycles. The predicted octanol–water partition coefficient (Wildman–Crippen LogP) is 16.5. The summed E-state index contributed by atoms with van der Waals surface area (Å²) < 4.78 is 15.6. The Balaban J connectivity index is 1.01. The number of benzene rings is 10. The lowest BCUT2D eigenvalue weighted by Gasteiger charge is -2.29. The Labute approximate surface area is 356 Å². The topological polar surface area (TPSA) is 34.5 Å². The summed E-state index contributed by atoms with van der Waals surface area (Å²) in [6.45, 7) is 0. The van der Waals surface area contributed by atoms with E-state index in [1.54, 1.807) is 0 Å². The second-order valence-electron chi connectivity index (χ2n) is 16.0. The van der Waals surface area contributed by atoms with Crippen LogP contribution in [0.2, 0.25) is 0 Å². The van der Waals surface area contributed by atoms with Crippen LogP contribution < -0.4 is 4.90 Å². The molecular formula is C58H36N2O2. The Morgan fingerprint density at radius 1 is 0.355 bits per heavy atom. The van der Waals surface area contributed by atoms with Crippen molar-refractivity contribution in [1.82, 2.24) is 4.57 Å². The summed E-state index contributed by atoms with van der Waals surface area (Å²) >= 11 is 0. The van der Waals surface area contributed by atoms with Gasteiger partial charge >= 0.3 is 0 Å². The number of anilines is 3. The summed E-state index contributed by atoms with van der Waals surface area (Å²) in [5, 5.41) is 9.12. The van der Waals surface area contributed by atoms with Crippen LogP contribution in [0.4, 0.5) is 17.1 Å². The summed E-state index contributed by atoms with van der Waals surface area (Å²) in [5.41, 5.74) is 14.6. The minimum Gasteiger partial charge on any atom is -0.456 e. The van der Waals surface area contributed by atoms with Crippen molar-refractivity contribution in [1.29, 1.82) is 0 Å². The van der Waals surface area contributed by atoms with Gasteiger partial charge in [-0.25, -0.2) is 0 Å². The van der Waals surface area contributed by atoms with Crippen LogP contribution in [-0.2, 0) is 0 Å². The Morgan fingerprint density at radius 3 is 1.79 bits per heavy atom. The highest BCUT2D eigenvalue weighted by molar-refractivity contribution is 6.20. The number of nitrogens with zero attached hydrogens (tertiary/aromatic N) is 2. The normalized spacial score (nSPS) is 11.9. The minimum atomic E-state index is 0.845. The van der Waals surface area contributed by atoms with E-state index in [0.29, 0.717) is 0 Å². The number of rotatable bonds is 6. The van der Waals surface area contributed by atoms with Crippen LogP contribution in [0.3, 0.4) is 0 Å². The molecule has 10 aromatic carbocycles. The fourth-order valence-electron chi connectivity index (χ4n) is 9.85. The van der Waals surface area contributed by atoms with Gasteiger partial charge in [-0.05, 0) is 94.9 Å². The fourth-order valence-corrected chi connectivity index (χ4v) is 9.85. The number of furan rings is 2. The van der Waals surface area contributed by atoms with Gasteiger partial charge in [0.05, 0.1) is 27.8 Å². The monoisotopic (exact) mass is 792 g/mol. The standard InChI is InChI=1S/C58H36N2O2/c1-2-17-42-38(14-1)32-35-48-57-52(26-13-29-55(57)62-58(42)48)59(51-25-9-5-20-45(51)46-22-12-28-54-56(46)47-21-6-10-27-53(47)61-54)40-33-30-37(31-34-40)39-15-11-16-41(36-39)60-49-23-7-3-18-43(49)44-19-4-8-24-50(44)60/h1-36H. The molecule has 3 heterocycles. The summed E-state index contributed by atoms with van der Waals surface area (Å²) in [7, 11) is 0. The van der Waals surface area contributed by atoms with E-state index < -0.39 is 0 Å². The molecule has 0 aliphatic rings. The summed E-state index contributed by atoms with van der Waals surface area (Å²) in [4.78, 5) is 2.40. The third kappa shape index (κ3) is 5.20. The van der Waals surface area contributed by atoms with Crippen LogP contribution in [0, 0.1) is 0 Å². The molecule has 0 fully saturated rings. The average Bonchev–Trinajstić information content (AvgIpc) is 4.03. The number of aromatic nitrogens is 1. The van der Waals surface area contributed by atoms with Crippen molar-refractivity contribution >= 4 is 93.5 Å². The summed E-state index contributed by atoms with van der Waals surface area (Å²) in [5.74, 6) is 0. The van der Waals surface area contributed by atoms with Gasteiger partial charge in [-0.1, -0.05) is 146 Å². The van der Waals surface area contributed by atoms with Crippen molar-refractivity contribution in [2.45, 2.75) is 0 Å². The van der Waals surface area contributed by atoms with Crippen LogP contribution >= 0.6 is 0 Å². The molecule has 0 saturated heterocycles. The second-order valence-corrected chi connectivity index (χ2v) is 16.0. The van der Waals surface area contributed by atoms with Crippen molar-refractivity contribution < 1.29 is 8.83 Å². The Bertz CT molecular complexity index is 3830. The van der Waals surface area contributed by atoms with Crippen molar-refractivity contribution in [2.24, 2.45) is 0 Å². The molecule has 0 spiro atoms. The molecule has 4 heteroatoms. The SMILES string of the molecule is c1cc(-c2ccc(N(c3ccccc3-c3cccc4oc5ccccc5c34)c3cccc4oc5c6ccccc6ccc5c34)cc2)cc(-n2c3ccccc3c3ccccc32)c1. The molecule has 0 amide bonds. The lowest BCUT2D eigenvalue weighted by Crippen LogP contribution is -2.11. The molecular weight excluding hydrogens is 757 g/mol. The van der Waals surface area contributed by atoms with Gasteiger partial charge in [-0.2, -0.15) is 0 Å². The number of hydrogen-bond donors (Lipinski definition) is 0. The largest absolute Gasteiger partial charge is 0.456 e. The predicted molar refractivity (Wildman–Crippen MR) is 258 cm³/mol. The van der Waals surface area contributed by atoms with Crippen LogP contribution in [0.15, 0.2) is 227 Å². The molecule has 13 rings (SSSR count). The highest BCUT2D eigenvalue weighted by atomic mass is 16.3. The van der Waals surface area contributed by atoms with Crippen molar-refractivity contribution in [3.63, 3.8) is 0 Å². The van der Waals surface area contributed by atoms with E-state index in [1.165, 1.54) is 21.8 Å². The van der Waals surface area contributed by atoms with E-state index in [2.05, 4.69) is 216 Å². The van der Waals surface area contributed by atoms with Gasteiger partial charge in [-0.3, -0.25) is 0 Å². The van der Waals surface area contributed by atoms with Crippen LogP contribution in [-0.4, -0.2) is 4.57 Å². The average molecular weight is 793 g/mol. The first-order chi connectivity index (χ1) is 30.8. The smallest absolute Gasteiger partial charge is 0.143 e. The van der Waals surface area contributed by atoms with Crippen molar-refractivity contribution in [2.75, 3.05) is 4.90 Å². The lowest BCUT2D eigenvalue weighted by molar-refractivity contribution is 0.669. The van der Waals surface area contributed by atoms with Gasteiger partial charge in [-0.15, -0.1) is 0 Å². The van der Waals surface area contributed by atoms with Gasteiger partial charge in [0.15, 0.2) is 0 Å². The second kappa shape index (κ2) is 13.6. The van der Waals surface area contributed by atoms with Gasteiger partial charge in [0.2, 0.25) is 0 Å². The van der Waals surface area contributed by atoms with E-state index in [4.69, 9.17) is 8.83 Å². The minimum absolute atomic E-state index is 0.845. The molecule has 0 N–H and O–H groups in total. The molecule has 3 aromatic heterocycles. The molecule has 0 atom stereocenters. The maximum absolute atomic E-state index is 6.77. The fraction of sp³-hybridized carbons (Fsp3) is 0. The van der Waals surface area contributed by atoms with E-state index >= 15 is 0 Å². The first-order valence-electron chi connectivity index (χ1n) is 21.1. The van der Waals surface area contributed by atoms with E-state index in [9.17, 15) is 0 Å². The Morgan fingerprint density at radius 2 is 0.968 bits per heavy atom. The molecule has 290 valence electrons. The first-order valence-corrected chi connectivity index (χ1v) is 21.1. The molecule has 0 saturated carbocycles. The summed E-state index contributed by atoms with van der Waals surface area (Å²) in [6.07, 6.45) is 0. The zero-order valence-electron chi connectivity index (χ0n) is 33.5. The quantitative estimate of drug-likeness (QED) is 0.168. The maximum Gasteiger partial charge on any atom is 0.143 e. The summed E-state index contributed by atoms with van der Waals surface area (Å²) in [6, 6.07) is 77.9. The Hall–Kier alpha value is -8.34. The van der Waals surface area contributed by atoms with Crippen LogP contribution in [0.25, 0.3) is 104 Å². The lowest BCUT2D eigenvalue weighted by atomic mass is 9.96. The molecule has 62 heavy (non-hydrogen) atoms. The van der Waals surface area contributed by atoms with Gasteiger partial charge in [0.1, 0.15) is 22.3 Å². The maximum atomic E-state index is 6.77.